The average Bonchev–Trinajstić information content (AvgIpc) is 3.34. The molecule has 0 bridgehead atoms. The van der Waals surface area contributed by atoms with Gasteiger partial charge in [-0.05, 0) is 55.5 Å². The van der Waals surface area contributed by atoms with Crippen molar-refractivity contribution in [3.8, 4) is 10.4 Å². The van der Waals surface area contributed by atoms with Crippen molar-refractivity contribution in [1.82, 2.24) is 0 Å². The zero-order valence-corrected chi connectivity index (χ0v) is 16.3. The van der Waals surface area contributed by atoms with Crippen molar-refractivity contribution in [3.05, 3.63) is 70.9 Å². The van der Waals surface area contributed by atoms with E-state index in [4.69, 9.17) is 0 Å². The minimum Gasteiger partial charge on any atom is -0.321 e. The molecule has 1 saturated carbocycles. The van der Waals surface area contributed by atoms with E-state index < -0.39 is 0 Å². The number of carbonyl (C=O) groups is 2. The van der Waals surface area contributed by atoms with Crippen LogP contribution in [0.25, 0.3) is 10.4 Å². The molecule has 2 heterocycles. The minimum atomic E-state index is -0.209. The van der Waals surface area contributed by atoms with E-state index in [1.807, 2.05) is 31.2 Å². The number of benzene rings is 1. The van der Waals surface area contributed by atoms with Gasteiger partial charge in [0.25, 0.3) is 5.91 Å². The van der Waals surface area contributed by atoms with Gasteiger partial charge in [-0.15, -0.1) is 11.3 Å². The third-order valence-corrected chi connectivity index (χ3v) is 6.01. The Morgan fingerprint density at radius 2 is 2.04 bits per heavy atom. The molecule has 0 unspecified atom stereocenters. The third-order valence-electron chi connectivity index (χ3n) is 4.88. The summed E-state index contributed by atoms with van der Waals surface area (Å²) in [5, 5.41) is 12.5. The van der Waals surface area contributed by atoms with Crippen molar-refractivity contribution in [2.45, 2.75) is 26.2 Å². The fourth-order valence-corrected chi connectivity index (χ4v) is 3.93. The SMILES string of the molecule is Cc1ccc(C(=O)CC2CC2)cc1NC(=O)c1ccc(-c2ccc[n+](O)c2)s1. The Hall–Kier alpha value is -2.99. The number of hydrogen-bond acceptors (Lipinski definition) is 4. The van der Waals surface area contributed by atoms with E-state index in [2.05, 4.69) is 5.32 Å². The molecule has 2 aromatic heterocycles. The number of Topliss-reactive ketones (excluding diaryl/α,β-unsaturated/α-hetero) is 1. The lowest BCUT2D eigenvalue weighted by Crippen LogP contribution is -2.28. The van der Waals surface area contributed by atoms with Crippen molar-refractivity contribution in [2.24, 2.45) is 5.92 Å². The van der Waals surface area contributed by atoms with Gasteiger partial charge >= 0.3 is 0 Å². The molecule has 4 rings (SSSR count). The fourth-order valence-electron chi connectivity index (χ4n) is 3.04. The number of nitrogens with one attached hydrogen (secondary N) is 1. The smallest absolute Gasteiger partial charge is 0.265 e. The van der Waals surface area contributed by atoms with E-state index in [9.17, 15) is 14.8 Å². The maximum Gasteiger partial charge on any atom is 0.265 e. The van der Waals surface area contributed by atoms with Crippen LogP contribution >= 0.6 is 11.3 Å². The summed E-state index contributed by atoms with van der Waals surface area (Å²) in [6.07, 6.45) is 5.99. The topological polar surface area (TPSA) is 70.3 Å². The number of thiophene rings is 1. The molecule has 0 atom stereocenters. The second kappa shape index (κ2) is 7.56. The lowest BCUT2D eigenvalue weighted by molar-refractivity contribution is -0.904. The third kappa shape index (κ3) is 4.12. The Bertz CT molecular complexity index is 1050. The van der Waals surface area contributed by atoms with Crippen LogP contribution in [0.5, 0.6) is 0 Å². The summed E-state index contributed by atoms with van der Waals surface area (Å²) < 4.78 is 0.988. The molecule has 3 aromatic rings. The number of aryl methyl sites for hydroxylation is 1. The first-order valence-electron chi connectivity index (χ1n) is 9.25. The number of anilines is 1. The zero-order chi connectivity index (χ0) is 19.7. The van der Waals surface area contributed by atoms with E-state index in [0.717, 1.165) is 33.6 Å². The summed E-state index contributed by atoms with van der Waals surface area (Å²) in [5.41, 5.74) is 3.06. The predicted octanol–water partition coefficient (Wildman–Crippen LogP) is 4.48. The number of nitrogens with zero attached hydrogens (tertiary/aromatic N) is 1. The molecular formula is C22H21N2O3S+. The molecule has 1 aliphatic rings. The summed E-state index contributed by atoms with van der Waals surface area (Å²) >= 11 is 1.35. The van der Waals surface area contributed by atoms with Crippen LogP contribution in [0.15, 0.2) is 54.9 Å². The molecule has 28 heavy (non-hydrogen) atoms. The van der Waals surface area contributed by atoms with Gasteiger partial charge < -0.3 is 5.32 Å². The number of carbonyl (C=O) groups excluding carboxylic acids is 2. The maximum atomic E-state index is 12.7. The van der Waals surface area contributed by atoms with Crippen molar-refractivity contribution in [1.29, 1.82) is 0 Å². The quantitative estimate of drug-likeness (QED) is 0.368. The van der Waals surface area contributed by atoms with Gasteiger partial charge in [0.1, 0.15) is 0 Å². The van der Waals surface area contributed by atoms with Crippen LogP contribution < -0.4 is 10.0 Å². The average molecular weight is 393 g/mol. The summed E-state index contributed by atoms with van der Waals surface area (Å²) in [5.74, 6) is 0.462. The molecule has 0 spiro atoms. The van der Waals surface area contributed by atoms with Gasteiger partial charge in [-0.2, -0.15) is 0 Å². The molecule has 0 saturated heterocycles. The highest BCUT2D eigenvalue weighted by Crippen LogP contribution is 2.34. The van der Waals surface area contributed by atoms with Crippen LogP contribution in [0, 0.1) is 12.8 Å². The first kappa shape index (κ1) is 18.4. The number of ketones is 1. The number of pyridine rings is 1. The molecule has 1 fully saturated rings. The van der Waals surface area contributed by atoms with Crippen LogP contribution in [0.3, 0.4) is 0 Å². The molecule has 1 amide bonds. The van der Waals surface area contributed by atoms with Gasteiger partial charge in [0.15, 0.2) is 5.78 Å². The molecule has 2 N–H and O–H groups in total. The molecule has 0 aliphatic heterocycles. The van der Waals surface area contributed by atoms with Crippen LogP contribution in [-0.2, 0) is 0 Å². The van der Waals surface area contributed by atoms with Gasteiger partial charge in [0.05, 0.1) is 10.4 Å². The number of amides is 1. The minimum absolute atomic E-state index is 0.137. The fraction of sp³-hybridized carbons (Fsp3) is 0.227. The van der Waals surface area contributed by atoms with Crippen molar-refractivity contribution < 1.29 is 19.5 Å². The van der Waals surface area contributed by atoms with Gasteiger partial charge in [0, 0.05) is 33.3 Å². The maximum absolute atomic E-state index is 12.7. The number of rotatable bonds is 6. The van der Waals surface area contributed by atoms with Crippen LogP contribution in [-0.4, -0.2) is 16.9 Å². The summed E-state index contributed by atoms with van der Waals surface area (Å²) in [4.78, 5) is 26.5. The standard InChI is InChI=1S/C22H20N2O3S/c1-14-4-7-16(19(25)11-15-5-6-15)12-18(14)23-22(26)21-9-8-20(28-21)17-3-2-10-24(27)13-17/h2-4,7-10,12-13,15H,5-6,11H2,1H3,(H-,23,26,27)/p+1. The van der Waals surface area contributed by atoms with E-state index in [1.54, 1.807) is 24.4 Å². The lowest BCUT2D eigenvalue weighted by Gasteiger charge is -2.09. The van der Waals surface area contributed by atoms with E-state index in [0.29, 0.717) is 28.5 Å². The second-order valence-electron chi connectivity index (χ2n) is 7.19. The Morgan fingerprint density at radius 3 is 2.79 bits per heavy atom. The largest absolute Gasteiger partial charge is 0.321 e. The molecule has 1 aliphatic carbocycles. The highest BCUT2D eigenvalue weighted by molar-refractivity contribution is 7.17. The van der Waals surface area contributed by atoms with Gasteiger partial charge in [-0.1, -0.05) is 12.1 Å². The van der Waals surface area contributed by atoms with Crippen molar-refractivity contribution in [3.63, 3.8) is 0 Å². The predicted molar refractivity (Wildman–Crippen MR) is 108 cm³/mol. The first-order chi connectivity index (χ1) is 13.5. The lowest BCUT2D eigenvalue weighted by atomic mass is 10.0. The normalized spacial score (nSPS) is 13.3. The van der Waals surface area contributed by atoms with Gasteiger partial charge in [-0.3, -0.25) is 14.8 Å². The molecule has 1 aromatic carbocycles. The van der Waals surface area contributed by atoms with E-state index >= 15 is 0 Å². The second-order valence-corrected chi connectivity index (χ2v) is 8.27. The molecule has 0 radical (unpaired) electrons. The molecular weight excluding hydrogens is 372 g/mol. The molecule has 142 valence electrons. The van der Waals surface area contributed by atoms with Crippen LogP contribution in [0.1, 0.15) is 44.9 Å². The zero-order valence-electron chi connectivity index (χ0n) is 15.5. The Labute approximate surface area is 167 Å². The van der Waals surface area contributed by atoms with Gasteiger partial charge in [0.2, 0.25) is 12.4 Å². The van der Waals surface area contributed by atoms with Crippen LogP contribution in [0.4, 0.5) is 5.69 Å². The summed E-state index contributed by atoms with van der Waals surface area (Å²) in [7, 11) is 0. The van der Waals surface area contributed by atoms with E-state index in [-0.39, 0.29) is 11.7 Å². The first-order valence-corrected chi connectivity index (χ1v) is 10.1. The van der Waals surface area contributed by atoms with Gasteiger partial charge in [-0.25, -0.2) is 0 Å². The number of aromatic nitrogens is 1. The van der Waals surface area contributed by atoms with E-state index in [1.165, 1.54) is 17.5 Å². The molecule has 5 nitrogen and oxygen atoms in total. The van der Waals surface area contributed by atoms with Crippen LogP contribution in [0.2, 0.25) is 0 Å². The highest BCUT2D eigenvalue weighted by atomic mass is 32.1. The highest BCUT2D eigenvalue weighted by Gasteiger charge is 2.25. The Kier molecular flexibility index (Phi) is 4.96. The molecule has 6 heteroatoms. The van der Waals surface area contributed by atoms with Crippen molar-refractivity contribution >= 4 is 28.7 Å². The summed E-state index contributed by atoms with van der Waals surface area (Å²) in [6.45, 7) is 1.91. The summed E-state index contributed by atoms with van der Waals surface area (Å²) in [6, 6.07) is 12.7. The Balaban J connectivity index is 1.51. The monoisotopic (exact) mass is 393 g/mol. The van der Waals surface area contributed by atoms with Crippen molar-refractivity contribution in [2.75, 3.05) is 5.32 Å². The number of hydrogen-bond donors (Lipinski definition) is 2. The Morgan fingerprint density at radius 1 is 1.21 bits per heavy atom.